The lowest BCUT2D eigenvalue weighted by Gasteiger charge is -2.15. The number of aryl methyl sites for hydroxylation is 1. The molecule has 0 saturated heterocycles. The van der Waals surface area contributed by atoms with E-state index in [4.69, 9.17) is 15.6 Å². The number of thiazole rings is 1. The van der Waals surface area contributed by atoms with Crippen molar-refractivity contribution >= 4 is 28.1 Å². The van der Waals surface area contributed by atoms with E-state index in [1.54, 1.807) is 18.2 Å². The summed E-state index contributed by atoms with van der Waals surface area (Å²) in [4.78, 5) is 17.6. The second-order valence-corrected chi connectivity index (χ2v) is 8.02. The van der Waals surface area contributed by atoms with Crippen molar-refractivity contribution < 1.29 is 27.8 Å². The molecule has 0 spiro atoms. The van der Waals surface area contributed by atoms with E-state index in [0.29, 0.717) is 27.7 Å². The molecule has 0 aliphatic carbocycles. The van der Waals surface area contributed by atoms with Crippen LogP contribution in [0.3, 0.4) is 0 Å². The van der Waals surface area contributed by atoms with Crippen LogP contribution in [-0.2, 0) is 19.0 Å². The highest BCUT2D eigenvalue weighted by atomic mass is 32.1. The van der Waals surface area contributed by atoms with Crippen molar-refractivity contribution in [3.63, 3.8) is 0 Å². The van der Waals surface area contributed by atoms with E-state index in [0.717, 1.165) is 17.7 Å². The molecule has 0 unspecified atom stereocenters. The minimum atomic E-state index is -4.41. The fourth-order valence-corrected chi connectivity index (χ4v) is 3.95. The molecule has 4 N–H and O–H groups in total. The number of aliphatic hydroxyl groups excluding tert-OH is 1. The molecule has 1 aromatic heterocycles. The molecule has 0 bridgehead atoms. The number of halogens is 3. The number of anilines is 2. The third kappa shape index (κ3) is 5.57. The molecule has 1 heterocycles. The standard InChI is InChI=1S/C22H22F3N3O3S/c1-2-14-6-7-17(18(26)19(14)31-9-8-29)20(30)28-21-27-12-16(32-21)11-13-4-3-5-15(10-13)22(23,24)25/h3-7,10,12,29H,2,8-9,11,26H2,1H3,(H,27,28,30). The lowest BCUT2D eigenvalue weighted by Crippen LogP contribution is -2.16. The van der Waals surface area contributed by atoms with Gasteiger partial charge >= 0.3 is 6.18 Å². The van der Waals surface area contributed by atoms with Crippen LogP contribution in [0, 0.1) is 0 Å². The number of hydrogen-bond donors (Lipinski definition) is 3. The van der Waals surface area contributed by atoms with Gasteiger partial charge in [-0.25, -0.2) is 4.98 Å². The minimum absolute atomic E-state index is 0.0493. The number of rotatable bonds is 8. The van der Waals surface area contributed by atoms with Crippen molar-refractivity contribution in [3.05, 3.63) is 69.7 Å². The van der Waals surface area contributed by atoms with E-state index in [-0.39, 0.29) is 30.9 Å². The first-order chi connectivity index (χ1) is 15.2. The molecule has 6 nitrogen and oxygen atoms in total. The van der Waals surface area contributed by atoms with Gasteiger partial charge in [0, 0.05) is 17.5 Å². The van der Waals surface area contributed by atoms with Crippen molar-refractivity contribution in [2.75, 3.05) is 24.3 Å². The molecule has 3 aromatic rings. The maximum atomic E-state index is 12.9. The summed E-state index contributed by atoms with van der Waals surface area (Å²) < 4.78 is 44.2. The first kappa shape index (κ1) is 23.6. The summed E-state index contributed by atoms with van der Waals surface area (Å²) in [5.41, 5.74) is 7.09. The van der Waals surface area contributed by atoms with Crippen molar-refractivity contribution in [2.24, 2.45) is 0 Å². The van der Waals surface area contributed by atoms with E-state index in [2.05, 4.69) is 10.3 Å². The Morgan fingerprint density at radius 1 is 1.28 bits per heavy atom. The van der Waals surface area contributed by atoms with Crippen molar-refractivity contribution in [1.29, 1.82) is 0 Å². The third-order valence-corrected chi connectivity index (χ3v) is 5.56. The number of nitrogens with zero attached hydrogens (tertiary/aromatic N) is 1. The molecule has 0 atom stereocenters. The van der Waals surface area contributed by atoms with Crippen LogP contribution in [0.15, 0.2) is 42.6 Å². The highest BCUT2D eigenvalue weighted by Crippen LogP contribution is 2.32. The Hall–Kier alpha value is -3.11. The third-order valence-electron chi connectivity index (χ3n) is 4.65. The maximum absolute atomic E-state index is 12.9. The summed E-state index contributed by atoms with van der Waals surface area (Å²) in [6.45, 7) is 1.78. The number of carbonyl (C=O) groups is 1. The minimum Gasteiger partial charge on any atom is -0.489 e. The number of benzene rings is 2. The molecule has 0 fully saturated rings. The molecule has 10 heteroatoms. The van der Waals surface area contributed by atoms with Gasteiger partial charge in [0.2, 0.25) is 0 Å². The number of aromatic nitrogens is 1. The van der Waals surface area contributed by atoms with Crippen LogP contribution in [-0.4, -0.2) is 29.2 Å². The number of nitrogens with two attached hydrogens (primary N) is 1. The monoisotopic (exact) mass is 465 g/mol. The SMILES string of the molecule is CCc1ccc(C(=O)Nc2ncc(Cc3cccc(C(F)(F)F)c3)s2)c(N)c1OCCO. The van der Waals surface area contributed by atoms with Crippen LogP contribution in [0.5, 0.6) is 5.75 Å². The average molecular weight is 465 g/mol. The molecule has 2 aromatic carbocycles. The van der Waals surface area contributed by atoms with Gasteiger partial charge in [0.1, 0.15) is 12.4 Å². The van der Waals surface area contributed by atoms with E-state index >= 15 is 0 Å². The number of amides is 1. The van der Waals surface area contributed by atoms with Gasteiger partial charge in [-0.05, 0) is 29.7 Å². The summed E-state index contributed by atoms with van der Waals surface area (Å²) in [7, 11) is 0. The predicted octanol–water partition coefficient (Wildman–Crippen LogP) is 4.52. The Bertz CT molecular complexity index is 1100. The van der Waals surface area contributed by atoms with Crippen molar-refractivity contribution in [1.82, 2.24) is 4.98 Å². The second-order valence-electron chi connectivity index (χ2n) is 6.90. The summed E-state index contributed by atoms with van der Waals surface area (Å²) in [6.07, 6.45) is -2.00. The fourth-order valence-electron chi connectivity index (χ4n) is 3.11. The number of alkyl halides is 3. The Morgan fingerprint density at radius 3 is 2.75 bits per heavy atom. The van der Waals surface area contributed by atoms with Crippen LogP contribution in [0.2, 0.25) is 0 Å². The number of carbonyl (C=O) groups excluding carboxylic acids is 1. The quantitative estimate of drug-likeness (QED) is 0.425. The lowest BCUT2D eigenvalue weighted by atomic mass is 10.0. The van der Waals surface area contributed by atoms with E-state index in [9.17, 15) is 18.0 Å². The van der Waals surface area contributed by atoms with Gasteiger partial charge < -0.3 is 15.6 Å². The Kier molecular flexibility index (Phi) is 7.37. The number of aliphatic hydroxyl groups is 1. The van der Waals surface area contributed by atoms with Crippen LogP contribution < -0.4 is 15.8 Å². The summed E-state index contributed by atoms with van der Waals surface area (Å²) in [6, 6.07) is 8.42. The van der Waals surface area contributed by atoms with Crippen molar-refractivity contribution in [2.45, 2.75) is 25.9 Å². The van der Waals surface area contributed by atoms with E-state index in [1.165, 1.54) is 23.6 Å². The van der Waals surface area contributed by atoms with Crippen molar-refractivity contribution in [3.8, 4) is 5.75 Å². The topological polar surface area (TPSA) is 97.5 Å². The van der Waals surface area contributed by atoms with Gasteiger partial charge in [0.05, 0.1) is 23.4 Å². The molecule has 0 radical (unpaired) electrons. The first-order valence-corrected chi connectivity index (χ1v) is 10.6. The molecule has 3 rings (SSSR count). The van der Waals surface area contributed by atoms with Crippen LogP contribution in [0.4, 0.5) is 24.0 Å². The molecule has 1 amide bonds. The maximum Gasteiger partial charge on any atom is 0.416 e. The Morgan fingerprint density at radius 2 is 2.06 bits per heavy atom. The van der Waals surface area contributed by atoms with Crippen LogP contribution >= 0.6 is 11.3 Å². The van der Waals surface area contributed by atoms with Gasteiger partial charge in [-0.2, -0.15) is 13.2 Å². The molecule has 32 heavy (non-hydrogen) atoms. The number of ether oxygens (including phenoxy) is 1. The Labute approximate surface area is 186 Å². The molecule has 0 aliphatic rings. The smallest absolute Gasteiger partial charge is 0.416 e. The molecular formula is C22H22F3N3O3S. The number of nitrogens with one attached hydrogen (secondary N) is 1. The zero-order valence-electron chi connectivity index (χ0n) is 17.2. The zero-order chi connectivity index (χ0) is 23.3. The number of nitrogen functional groups attached to an aromatic ring is 1. The molecular weight excluding hydrogens is 443 g/mol. The normalized spacial score (nSPS) is 11.4. The highest BCUT2D eigenvalue weighted by Gasteiger charge is 2.30. The summed E-state index contributed by atoms with van der Waals surface area (Å²) in [5.74, 6) is -0.127. The highest BCUT2D eigenvalue weighted by molar-refractivity contribution is 7.15. The fraction of sp³-hybridized carbons (Fsp3) is 0.273. The molecule has 170 valence electrons. The second kappa shape index (κ2) is 10.0. The largest absolute Gasteiger partial charge is 0.489 e. The summed E-state index contributed by atoms with van der Waals surface area (Å²) in [5, 5.41) is 12.0. The zero-order valence-corrected chi connectivity index (χ0v) is 18.0. The summed E-state index contributed by atoms with van der Waals surface area (Å²) >= 11 is 1.17. The van der Waals surface area contributed by atoms with Crippen LogP contribution in [0.25, 0.3) is 0 Å². The van der Waals surface area contributed by atoms with Gasteiger partial charge in [-0.15, -0.1) is 11.3 Å². The molecule has 0 saturated carbocycles. The first-order valence-electron chi connectivity index (χ1n) is 9.80. The molecule has 0 aliphatic heterocycles. The van der Waals surface area contributed by atoms with Gasteiger partial charge in [-0.3, -0.25) is 10.1 Å². The van der Waals surface area contributed by atoms with E-state index < -0.39 is 17.6 Å². The number of hydrogen-bond acceptors (Lipinski definition) is 6. The average Bonchev–Trinajstić information content (AvgIpc) is 3.18. The lowest BCUT2D eigenvalue weighted by molar-refractivity contribution is -0.137. The van der Waals surface area contributed by atoms with Gasteiger partial charge in [-0.1, -0.05) is 31.2 Å². The van der Waals surface area contributed by atoms with Gasteiger partial charge in [0.25, 0.3) is 5.91 Å². The van der Waals surface area contributed by atoms with Gasteiger partial charge in [0.15, 0.2) is 5.13 Å². The Balaban J connectivity index is 1.74. The van der Waals surface area contributed by atoms with E-state index in [1.807, 2.05) is 6.92 Å². The predicted molar refractivity (Wildman–Crippen MR) is 117 cm³/mol. The van der Waals surface area contributed by atoms with Crippen LogP contribution in [0.1, 0.15) is 38.8 Å².